The summed E-state index contributed by atoms with van der Waals surface area (Å²) in [6, 6.07) is -3.77. The number of carbonyl (C=O) groups excluding carboxylic acids is 4. The van der Waals surface area contributed by atoms with Gasteiger partial charge < -0.3 is 49.1 Å². The molecule has 0 aromatic carbocycles. The van der Waals surface area contributed by atoms with Crippen molar-refractivity contribution in [3.8, 4) is 0 Å². The average Bonchev–Trinajstić information content (AvgIpc) is 2.69. The van der Waals surface area contributed by atoms with E-state index in [-0.39, 0.29) is 31.8 Å². The first-order chi connectivity index (χ1) is 14.8. The summed E-state index contributed by atoms with van der Waals surface area (Å²) in [7, 11) is 0. The summed E-state index contributed by atoms with van der Waals surface area (Å²) in [6.07, 6.45) is -1.13. The third-order valence-electron chi connectivity index (χ3n) is 4.10. The van der Waals surface area contributed by atoms with E-state index in [1.807, 2.05) is 0 Å². The van der Waals surface area contributed by atoms with Crippen LogP contribution in [-0.2, 0) is 24.0 Å². The maximum Gasteiger partial charge on any atom is 0.328 e. The second kappa shape index (κ2) is 14.5. The lowest BCUT2D eigenvalue weighted by atomic mass is 10.1. The molecule has 0 fully saturated rings. The lowest BCUT2D eigenvalue weighted by Crippen LogP contribution is -2.54. The molecule has 15 nitrogen and oxygen atoms in total. The molecule has 0 bridgehead atoms. The molecule has 0 saturated heterocycles. The Morgan fingerprint density at radius 3 is 2.12 bits per heavy atom. The van der Waals surface area contributed by atoms with Gasteiger partial charge in [-0.1, -0.05) is 0 Å². The monoisotopic (exact) mass is 460 g/mol. The maximum absolute atomic E-state index is 12.5. The van der Waals surface area contributed by atoms with E-state index in [1.165, 1.54) is 6.92 Å². The van der Waals surface area contributed by atoms with Gasteiger partial charge in [-0.2, -0.15) is 0 Å². The summed E-state index contributed by atoms with van der Waals surface area (Å²) in [5.74, 6) is -4.55. The van der Waals surface area contributed by atoms with Gasteiger partial charge in [0.05, 0.1) is 18.7 Å². The van der Waals surface area contributed by atoms with Gasteiger partial charge in [-0.25, -0.2) is 4.79 Å². The molecule has 0 aliphatic carbocycles. The van der Waals surface area contributed by atoms with Gasteiger partial charge in [-0.3, -0.25) is 24.2 Å². The van der Waals surface area contributed by atoms with Gasteiger partial charge in [0, 0.05) is 13.0 Å². The van der Waals surface area contributed by atoms with Crippen LogP contribution in [0.5, 0.6) is 0 Å². The fraction of sp³-hybridized carbons (Fsp3) is 0.647. The highest BCUT2D eigenvalue weighted by Gasteiger charge is 2.27. The molecular formula is C17H32N8O7. The SMILES string of the molecule is CC(O)C(NC(=O)CNC(=O)C(CCCN=C(N)N)NC(=O)C(N)CCC(N)=O)C(=O)O. The highest BCUT2D eigenvalue weighted by Crippen LogP contribution is 2.02. The first-order valence-electron chi connectivity index (χ1n) is 9.72. The van der Waals surface area contributed by atoms with Crippen LogP contribution >= 0.6 is 0 Å². The van der Waals surface area contributed by atoms with Crippen molar-refractivity contribution >= 4 is 35.6 Å². The number of hydrogen-bond acceptors (Lipinski definition) is 8. The van der Waals surface area contributed by atoms with Gasteiger partial charge in [-0.15, -0.1) is 0 Å². The fourth-order valence-electron chi connectivity index (χ4n) is 2.38. The number of carbonyl (C=O) groups is 5. The molecule has 0 radical (unpaired) electrons. The van der Waals surface area contributed by atoms with Crippen LogP contribution in [0.1, 0.15) is 32.6 Å². The minimum absolute atomic E-state index is 0.0260. The van der Waals surface area contributed by atoms with Crippen molar-refractivity contribution in [2.75, 3.05) is 13.1 Å². The number of hydrogen-bond donors (Lipinski definition) is 9. The van der Waals surface area contributed by atoms with Crippen molar-refractivity contribution in [2.45, 2.75) is 56.8 Å². The van der Waals surface area contributed by atoms with E-state index in [0.717, 1.165) is 0 Å². The van der Waals surface area contributed by atoms with Crippen LogP contribution in [0.2, 0.25) is 0 Å². The number of aliphatic imine (C=N–C) groups is 1. The highest BCUT2D eigenvalue weighted by molar-refractivity contribution is 5.92. The summed E-state index contributed by atoms with van der Waals surface area (Å²) >= 11 is 0. The Hall–Kier alpha value is -3.46. The highest BCUT2D eigenvalue weighted by atomic mass is 16.4. The molecule has 4 atom stereocenters. The normalized spacial score (nSPS) is 14.2. The van der Waals surface area contributed by atoms with Crippen molar-refractivity contribution in [3.63, 3.8) is 0 Å². The third-order valence-corrected chi connectivity index (χ3v) is 4.10. The molecule has 0 aromatic rings. The molecule has 0 aromatic heterocycles. The number of nitrogens with two attached hydrogens (primary N) is 4. The van der Waals surface area contributed by atoms with E-state index in [4.69, 9.17) is 28.0 Å². The number of guanidine groups is 1. The van der Waals surface area contributed by atoms with Crippen LogP contribution in [0.3, 0.4) is 0 Å². The number of aliphatic hydroxyl groups excluding tert-OH is 1. The first-order valence-corrected chi connectivity index (χ1v) is 9.72. The predicted molar refractivity (Wildman–Crippen MR) is 113 cm³/mol. The third kappa shape index (κ3) is 12.3. The van der Waals surface area contributed by atoms with Crippen molar-refractivity contribution < 1.29 is 34.2 Å². The van der Waals surface area contributed by atoms with Crippen LogP contribution in [0.15, 0.2) is 4.99 Å². The van der Waals surface area contributed by atoms with E-state index in [9.17, 15) is 29.1 Å². The Morgan fingerprint density at radius 1 is 1.00 bits per heavy atom. The summed E-state index contributed by atoms with van der Waals surface area (Å²) in [6.45, 7) is 0.746. The minimum atomic E-state index is -1.56. The number of aliphatic hydroxyl groups is 1. The van der Waals surface area contributed by atoms with Gasteiger partial charge in [0.1, 0.15) is 6.04 Å². The van der Waals surface area contributed by atoms with Crippen molar-refractivity contribution in [3.05, 3.63) is 0 Å². The molecule has 4 amide bonds. The van der Waals surface area contributed by atoms with Gasteiger partial charge in [-0.05, 0) is 26.2 Å². The maximum atomic E-state index is 12.5. The number of nitrogens with zero attached hydrogens (tertiary/aromatic N) is 1. The molecule has 182 valence electrons. The van der Waals surface area contributed by atoms with Crippen LogP contribution < -0.4 is 38.9 Å². The van der Waals surface area contributed by atoms with Gasteiger partial charge in [0.2, 0.25) is 23.6 Å². The number of aliphatic carboxylic acids is 1. The standard InChI is InChI=1S/C17H32N8O7/c1-8(26)13(16(31)32)25-12(28)7-23-15(30)10(3-2-6-22-17(20)21)24-14(29)9(18)4-5-11(19)27/h8-10,13,26H,2-7,18H2,1H3,(H2,19,27)(H,23,30)(H,24,29)(H,25,28)(H,31,32)(H4,20,21,22). The minimum Gasteiger partial charge on any atom is -0.480 e. The Bertz CT molecular complexity index is 709. The van der Waals surface area contributed by atoms with Crippen LogP contribution in [0, 0.1) is 0 Å². The van der Waals surface area contributed by atoms with E-state index in [0.29, 0.717) is 6.42 Å². The molecule has 4 unspecified atom stereocenters. The smallest absolute Gasteiger partial charge is 0.328 e. The number of amides is 4. The summed E-state index contributed by atoms with van der Waals surface area (Å²) < 4.78 is 0. The van der Waals surface area contributed by atoms with Gasteiger partial charge in [0.25, 0.3) is 0 Å². The molecule has 32 heavy (non-hydrogen) atoms. The molecule has 0 saturated carbocycles. The molecule has 0 aliphatic heterocycles. The fourth-order valence-corrected chi connectivity index (χ4v) is 2.38. The second-order valence-corrected chi connectivity index (χ2v) is 6.96. The van der Waals surface area contributed by atoms with Crippen LogP contribution in [0.4, 0.5) is 0 Å². The summed E-state index contributed by atoms with van der Waals surface area (Å²) in [5, 5.41) is 25.1. The molecule has 0 heterocycles. The van der Waals surface area contributed by atoms with E-state index in [2.05, 4.69) is 20.9 Å². The summed E-state index contributed by atoms with van der Waals surface area (Å²) in [4.78, 5) is 62.3. The summed E-state index contributed by atoms with van der Waals surface area (Å²) in [5.41, 5.74) is 21.2. The Kier molecular flexibility index (Phi) is 13.0. The Morgan fingerprint density at radius 2 is 1.62 bits per heavy atom. The zero-order valence-corrected chi connectivity index (χ0v) is 17.7. The average molecular weight is 460 g/mol. The Labute approximate surface area is 184 Å². The number of carboxylic acids is 1. The zero-order chi connectivity index (χ0) is 24.8. The lowest BCUT2D eigenvalue weighted by Gasteiger charge is -2.21. The molecule has 0 aliphatic rings. The zero-order valence-electron chi connectivity index (χ0n) is 17.7. The molecule has 0 spiro atoms. The van der Waals surface area contributed by atoms with Crippen molar-refractivity contribution in [2.24, 2.45) is 27.9 Å². The number of primary amides is 1. The molecular weight excluding hydrogens is 428 g/mol. The number of carboxylic acid groups (broad SMARTS) is 1. The second-order valence-electron chi connectivity index (χ2n) is 6.96. The largest absolute Gasteiger partial charge is 0.480 e. The van der Waals surface area contributed by atoms with Gasteiger partial charge in [0.15, 0.2) is 12.0 Å². The number of rotatable bonds is 15. The van der Waals surface area contributed by atoms with Crippen LogP contribution in [-0.4, -0.2) is 83.1 Å². The molecule has 15 heteroatoms. The lowest BCUT2D eigenvalue weighted by molar-refractivity contribution is -0.144. The van der Waals surface area contributed by atoms with E-state index >= 15 is 0 Å². The number of nitrogens with one attached hydrogen (secondary N) is 3. The van der Waals surface area contributed by atoms with Crippen molar-refractivity contribution in [1.29, 1.82) is 0 Å². The van der Waals surface area contributed by atoms with Crippen LogP contribution in [0.25, 0.3) is 0 Å². The quantitative estimate of drug-likeness (QED) is 0.0638. The molecule has 0 rings (SSSR count). The predicted octanol–water partition coefficient (Wildman–Crippen LogP) is -4.82. The van der Waals surface area contributed by atoms with Crippen molar-refractivity contribution in [1.82, 2.24) is 16.0 Å². The molecule has 13 N–H and O–H groups in total. The van der Waals surface area contributed by atoms with E-state index < -0.39 is 60.4 Å². The topological polar surface area (TPSA) is 278 Å². The Balaban J connectivity index is 4.99. The van der Waals surface area contributed by atoms with Gasteiger partial charge >= 0.3 is 5.97 Å². The van der Waals surface area contributed by atoms with E-state index in [1.54, 1.807) is 0 Å². The first kappa shape index (κ1) is 28.5.